The van der Waals surface area contributed by atoms with Gasteiger partial charge in [-0.3, -0.25) is 14.9 Å². The van der Waals surface area contributed by atoms with Crippen LogP contribution in [0.3, 0.4) is 0 Å². The molecule has 0 saturated carbocycles. The van der Waals surface area contributed by atoms with E-state index in [-0.39, 0.29) is 17.2 Å². The molecule has 2 aromatic rings. The first-order chi connectivity index (χ1) is 12.4. The summed E-state index contributed by atoms with van der Waals surface area (Å²) >= 11 is 0. The molecule has 1 atom stereocenters. The summed E-state index contributed by atoms with van der Waals surface area (Å²) in [5.41, 5.74) is 2.24. The summed E-state index contributed by atoms with van der Waals surface area (Å²) in [4.78, 5) is 37.0. The van der Waals surface area contributed by atoms with Crippen LogP contribution in [0.5, 0.6) is 0 Å². The Morgan fingerprint density at radius 1 is 1.23 bits per heavy atom. The third kappa shape index (κ3) is 3.28. The number of amides is 1. The van der Waals surface area contributed by atoms with Crippen LogP contribution in [-0.2, 0) is 16.0 Å². The van der Waals surface area contributed by atoms with Crippen LogP contribution in [-0.4, -0.2) is 29.4 Å². The van der Waals surface area contributed by atoms with E-state index >= 15 is 0 Å². The van der Waals surface area contributed by atoms with Gasteiger partial charge < -0.3 is 9.64 Å². The molecule has 0 N–H and O–H groups in total. The number of anilines is 1. The number of fused-ring (bicyclic) bond motifs is 1. The van der Waals surface area contributed by atoms with E-state index in [4.69, 9.17) is 4.74 Å². The number of aryl methyl sites for hydroxylation is 1. The summed E-state index contributed by atoms with van der Waals surface area (Å²) in [7, 11) is 0. The SMILES string of the molecule is Cc1ccc(C(=O)O[C@H](C)C(=O)N2CCc3ccccc32)cc1[N+](=O)[O-]. The van der Waals surface area contributed by atoms with Gasteiger partial charge in [0.15, 0.2) is 6.10 Å². The maximum Gasteiger partial charge on any atom is 0.339 e. The smallest absolute Gasteiger partial charge is 0.339 e. The van der Waals surface area contributed by atoms with Crippen molar-refractivity contribution in [3.05, 3.63) is 69.3 Å². The number of carbonyl (C=O) groups is 2. The van der Waals surface area contributed by atoms with Gasteiger partial charge in [0.25, 0.3) is 11.6 Å². The lowest BCUT2D eigenvalue weighted by Crippen LogP contribution is -2.39. The molecule has 0 bridgehead atoms. The molecule has 0 spiro atoms. The zero-order chi connectivity index (χ0) is 18.8. The summed E-state index contributed by atoms with van der Waals surface area (Å²) in [5.74, 6) is -1.08. The van der Waals surface area contributed by atoms with E-state index in [0.29, 0.717) is 12.1 Å². The molecule has 3 rings (SSSR count). The average molecular weight is 354 g/mol. The molecule has 0 unspecified atom stereocenters. The van der Waals surface area contributed by atoms with Crippen LogP contribution in [0.1, 0.15) is 28.4 Å². The fraction of sp³-hybridized carbons (Fsp3) is 0.263. The van der Waals surface area contributed by atoms with Gasteiger partial charge in [-0.15, -0.1) is 0 Å². The van der Waals surface area contributed by atoms with Crippen molar-refractivity contribution in [2.24, 2.45) is 0 Å². The Bertz CT molecular complexity index is 893. The lowest BCUT2D eigenvalue weighted by molar-refractivity contribution is -0.385. The van der Waals surface area contributed by atoms with Crippen LogP contribution in [0.2, 0.25) is 0 Å². The molecule has 1 aliphatic heterocycles. The monoisotopic (exact) mass is 354 g/mol. The number of para-hydroxylation sites is 1. The molecule has 0 radical (unpaired) electrons. The Morgan fingerprint density at radius 2 is 1.96 bits per heavy atom. The van der Waals surface area contributed by atoms with Gasteiger partial charge >= 0.3 is 5.97 Å². The third-order valence-corrected chi connectivity index (χ3v) is 4.43. The third-order valence-electron chi connectivity index (χ3n) is 4.43. The molecule has 0 saturated heterocycles. The van der Waals surface area contributed by atoms with Gasteiger partial charge in [0.05, 0.1) is 10.5 Å². The van der Waals surface area contributed by atoms with Crippen LogP contribution in [0, 0.1) is 17.0 Å². The minimum absolute atomic E-state index is 0.0452. The predicted octanol–water partition coefficient (Wildman–Crippen LogP) is 3.04. The first-order valence-corrected chi connectivity index (χ1v) is 8.24. The average Bonchev–Trinajstić information content (AvgIpc) is 3.05. The van der Waals surface area contributed by atoms with Crippen molar-refractivity contribution < 1.29 is 19.2 Å². The van der Waals surface area contributed by atoms with E-state index < -0.39 is 17.0 Å². The molecule has 7 heteroatoms. The molecule has 1 heterocycles. The minimum atomic E-state index is -0.992. The Labute approximate surface area is 150 Å². The topological polar surface area (TPSA) is 89.8 Å². The van der Waals surface area contributed by atoms with E-state index in [1.165, 1.54) is 25.1 Å². The molecular formula is C19H18N2O5. The van der Waals surface area contributed by atoms with Crippen molar-refractivity contribution in [1.82, 2.24) is 0 Å². The predicted molar refractivity (Wildman–Crippen MR) is 95.2 cm³/mol. The fourth-order valence-electron chi connectivity index (χ4n) is 3.00. The maximum absolute atomic E-state index is 12.6. The van der Waals surface area contributed by atoms with Crippen molar-refractivity contribution in [2.75, 3.05) is 11.4 Å². The number of esters is 1. The second-order valence-corrected chi connectivity index (χ2v) is 6.17. The molecule has 0 fully saturated rings. The fourth-order valence-corrected chi connectivity index (χ4v) is 3.00. The second-order valence-electron chi connectivity index (χ2n) is 6.17. The number of benzene rings is 2. The number of ether oxygens (including phenoxy) is 1. The normalized spacial score (nSPS) is 13.8. The number of carbonyl (C=O) groups excluding carboxylic acids is 2. The standard InChI is InChI=1S/C19H18N2O5/c1-12-7-8-15(11-17(12)21(24)25)19(23)26-13(2)18(22)20-10-9-14-5-3-4-6-16(14)20/h3-8,11,13H,9-10H2,1-2H3/t13-/m1/s1. The number of nitro benzene ring substituents is 1. The van der Waals surface area contributed by atoms with E-state index in [9.17, 15) is 19.7 Å². The molecule has 1 amide bonds. The second kappa shape index (κ2) is 6.95. The molecule has 26 heavy (non-hydrogen) atoms. The van der Waals surface area contributed by atoms with Crippen molar-refractivity contribution in [3.8, 4) is 0 Å². The molecular weight excluding hydrogens is 336 g/mol. The highest BCUT2D eigenvalue weighted by molar-refractivity contribution is 6.00. The van der Waals surface area contributed by atoms with Crippen LogP contribution >= 0.6 is 0 Å². The Morgan fingerprint density at radius 3 is 2.69 bits per heavy atom. The summed E-state index contributed by atoms with van der Waals surface area (Å²) in [6.07, 6.45) is -0.235. The van der Waals surface area contributed by atoms with E-state index in [1.807, 2.05) is 24.3 Å². The van der Waals surface area contributed by atoms with E-state index in [1.54, 1.807) is 11.8 Å². The van der Waals surface area contributed by atoms with Gasteiger partial charge in [0.1, 0.15) is 0 Å². The Balaban J connectivity index is 1.73. The van der Waals surface area contributed by atoms with Gasteiger partial charge in [-0.25, -0.2) is 4.79 Å². The van der Waals surface area contributed by atoms with Crippen LogP contribution in [0.4, 0.5) is 11.4 Å². The summed E-state index contributed by atoms with van der Waals surface area (Å²) < 4.78 is 5.25. The van der Waals surface area contributed by atoms with Crippen molar-refractivity contribution >= 4 is 23.3 Å². The van der Waals surface area contributed by atoms with Crippen molar-refractivity contribution in [3.63, 3.8) is 0 Å². The summed E-state index contributed by atoms with van der Waals surface area (Å²) in [6.45, 7) is 3.63. The number of hydrogen-bond donors (Lipinski definition) is 0. The highest BCUT2D eigenvalue weighted by Gasteiger charge is 2.30. The number of nitro groups is 1. The first-order valence-electron chi connectivity index (χ1n) is 8.24. The highest BCUT2D eigenvalue weighted by atomic mass is 16.6. The Kier molecular flexibility index (Phi) is 4.71. The largest absolute Gasteiger partial charge is 0.449 e. The van der Waals surface area contributed by atoms with Gasteiger partial charge in [0, 0.05) is 23.9 Å². The molecule has 7 nitrogen and oxygen atoms in total. The van der Waals surface area contributed by atoms with E-state index in [0.717, 1.165) is 17.7 Å². The van der Waals surface area contributed by atoms with E-state index in [2.05, 4.69) is 0 Å². The van der Waals surface area contributed by atoms with Gasteiger partial charge in [-0.1, -0.05) is 24.3 Å². The molecule has 0 aromatic heterocycles. The zero-order valence-electron chi connectivity index (χ0n) is 14.5. The quantitative estimate of drug-likeness (QED) is 0.478. The summed E-state index contributed by atoms with van der Waals surface area (Å²) in [6, 6.07) is 11.7. The molecule has 134 valence electrons. The van der Waals surface area contributed by atoms with Crippen molar-refractivity contribution in [1.29, 1.82) is 0 Å². The number of hydrogen-bond acceptors (Lipinski definition) is 5. The summed E-state index contributed by atoms with van der Waals surface area (Å²) in [5, 5.41) is 11.0. The van der Waals surface area contributed by atoms with Crippen LogP contribution in [0.25, 0.3) is 0 Å². The van der Waals surface area contributed by atoms with Crippen molar-refractivity contribution in [2.45, 2.75) is 26.4 Å². The molecule has 2 aromatic carbocycles. The maximum atomic E-state index is 12.6. The highest BCUT2D eigenvalue weighted by Crippen LogP contribution is 2.28. The molecule has 1 aliphatic rings. The molecule has 0 aliphatic carbocycles. The minimum Gasteiger partial charge on any atom is -0.449 e. The number of nitrogens with zero attached hydrogens (tertiary/aromatic N) is 2. The van der Waals surface area contributed by atoms with Gasteiger partial charge in [0.2, 0.25) is 0 Å². The zero-order valence-corrected chi connectivity index (χ0v) is 14.5. The Hall–Kier alpha value is -3.22. The first kappa shape index (κ1) is 17.6. The van der Waals surface area contributed by atoms with Gasteiger partial charge in [-0.2, -0.15) is 0 Å². The van der Waals surface area contributed by atoms with Crippen LogP contribution in [0.15, 0.2) is 42.5 Å². The lowest BCUT2D eigenvalue weighted by atomic mass is 10.1. The van der Waals surface area contributed by atoms with Crippen LogP contribution < -0.4 is 4.90 Å². The van der Waals surface area contributed by atoms with Gasteiger partial charge in [-0.05, 0) is 38.0 Å². The lowest BCUT2D eigenvalue weighted by Gasteiger charge is -2.21. The number of rotatable bonds is 4.